The van der Waals surface area contributed by atoms with Crippen molar-refractivity contribution in [2.45, 2.75) is 38.6 Å². The first-order chi connectivity index (χ1) is 8.13. The van der Waals surface area contributed by atoms with Crippen molar-refractivity contribution in [1.82, 2.24) is 4.98 Å². The molecular formula is C13H18N2O2. The third kappa shape index (κ3) is 2.40. The molecule has 0 aliphatic heterocycles. The summed E-state index contributed by atoms with van der Waals surface area (Å²) in [5.74, 6) is -0.705. The highest BCUT2D eigenvalue weighted by atomic mass is 16.4. The standard InChI is InChI=1S/C13H18N2O2/c1-13(12(16)17)7-3-2-4-11(13)15-10-5-8-14-9-6-10/h5-6,8-9,11H,2-4,7H2,1H3,(H,14,15)(H,16,17). The molecule has 1 heterocycles. The lowest BCUT2D eigenvalue weighted by Crippen LogP contribution is -2.46. The molecule has 0 radical (unpaired) electrons. The van der Waals surface area contributed by atoms with Crippen LogP contribution in [0.25, 0.3) is 0 Å². The molecule has 1 aliphatic carbocycles. The van der Waals surface area contributed by atoms with Gasteiger partial charge in [0, 0.05) is 24.1 Å². The molecule has 1 fully saturated rings. The maximum absolute atomic E-state index is 11.4. The van der Waals surface area contributed by atoms with Gasteiger partial charge in [0.15, 0.2) is 0 Å². The van der Waals surface area contributed by atoms with Crippen LogP contribution >= 0.6 is 0 Å². The molecule has 0 spiro atoms. The maximum Gasteiger partial charge on any atom is 0.311 e. The fourth-order valence-corrected chi connectivity index (χ4v) is 2.47. The second kappa shape index (κ2) is 4.73. The van der Waals surface area contributed by atoms with E-state index in [9.17, 15) is 9.90 Å². The quantitative estimate of drug-likeness (QED) is 0.843. The lowest BCUT2D eigenvalue weighted by atomic mass is 9.71. The highest BCUT2D eigenvalue weighted by Crippen LogP contribution is 2.38. The fourth-order valence-electron chi connectivity index (χ4n) is 2.47. The van der Waals surface area contributed by atoms with E-state index in [-0.39, 0.29) is 6.04 Å². The number of carboxylic acids is 1. The smallest absolute Gasteiger partial charge is 0.311 e. The molecule has 1 aromatic heterocycles. The van der Waals surface area contributed by atoms with Crippen molar-refractivity contribution in [3.05, 3.63) is 24.5 Å². The third-order valence-electron chi connectivity index (χ3n) is 3.72. The van der Waals surface area contributed by atoms with Gasteiger partial charge in [-0.25, -0.2) is 0 Å². The number of pyridine rings is 1. The van der Waals surface area contributed by atoms with Crippen molar-refractivity contribution in [1.29, 1.82) is 0 Å². The monoisotopic (exact) mass is 234 g/mol. The zero-order valence-electron chi connectivity index (χ0n) is 10.0. The van der Waals surface area contributed by atoms with Crippen LogP contribution in [-0.4, -0.2) is 22.1 Å². The summed E-state index contributed by atoms with van der Waals surface area (Å²) in [7, 11) is 0. The Labute approximate surface area is 101 Å². The van der Waals surface area contributed by atoms with Crippen LogP contribution in [0.4, 0.5) is 5.69 Å². The molecule has 4 heteroatoms. The predicted octanol–water partition coefficient (Wildman–Crippen LogP) is 2.53. The number of aromatic nitrogens is 1. The van der Waals surface area contributed by atoms with Crippen LogP contribution in [0, 0.1) is 5.41 Å². The van der Waals surface area contributed by atoms with E-state index in [1.807, 2.05) is 19.1 Å². The summed E-state index contributed by atoms with van der Waals surface area (Å²) < 4.78 is 0. The van der Waals surface area contributed by atoms with Crippen molar-refractivity contribution in [3.63, 3.8) is 0 Å². The minimum Gasteiger partial charge on any atom is -0.481 e. The molecule has 1 saturated carbocycles. The van der Waals surface area contributed by atoms with Gasteiger partial charge in [0.05, 0.1) is 5.41 Å². The van der Waals surface area contributed by atoms with Gasteiger partial charge in [-0.1, -0.05) is 12.8 Å². The van der Waals surface area contributed by atoms with Crippen LogP contribution in [0.2, 0.25) is 0 Å². The van der Waals surface area contributed by atoms with Crippen molar-refractivity contribution in [2.24, 2.45) is 5.41 Å². The summed E-state index contributed by atoms with van der Waals surface area (Å²) in [6.45, 7) is 1.84. The molecule has 4 nitrogen and oxygen atoms in total. The van der Waals surface area contributed by atoms with Crippen LogP contribution in [0.5, 0.6) is 0 Å². The fraction of sp³-hybridized carbons (Fsp3) is 0.538. The number of nitrogens with zero attached hydrogens (tertiary/aromatic N) is 1. The number of hydrogen-bond acceptors (Lipinski definition) is 3. The van der Waals surface area contributed by atoms with E-state index in [4.69, 9.17) is 0 Å². The summed E-state index contributed by atoms with van der Waals surface area (Å²) in [5.41, 5.74) is 0.279. The molecule has 2 atom stereocenters. The lowest BCUT2D eigenvalue weighted by Gasteiger charge is -2.38. The van der Waals surface area contributed by atoms with Gasteiger partial charge in [0.25, 0.3) is 0 Å². The minimum atomic E-state index is -0.705. The van der Waals surface area contributed by atoms with E-state index < -0.39 is 11.4 Å². The van der Waals surface area contributed by atoms with Crippen molar-refractivity contribution < 1.29 is 9.90 Å². The van der Waals surface area contributed by atoms with Gasteiger partial charge in [-0.15, -0.1) is 0 Å². The van der Waals surface area contributed by atoms with Crippen molar-refractivity contribution in [2.75, 3.05) is 5.32 Å². The van der Waals surface area contributed by atoms with E-state index in [0.29, 0.717) is 0 Å². The Bertz CT molecular complexity index is 394. The zero-order chi connectivity index (χ0) is 12.3. The molecular weight excluding hydrogens is 216 g/mol. The third-order valence-corrected chi connectivity index (χ3v) is 3.72. The minimum absolute atomic E-state index is 0.00356. The number of rotatable bonds is 3. The number of nitrogens with one attached hydrogen (secondary N) is 1. The Hall–Kier alpha value is -1.58. The molecule has 1 aromatic rings. The lowest BCUT2D eigenvalue weighted by molar-refractivity contribution is -0.150. The largest absolute Gasteiger partial charge is 0.481 e. The maximum atomic E-state index is 11.4. The van der Waals surface area contributed by atoms with E-state index in [1.54, 1.807) is 12.4 Å². The van der Waals surface area contributed by atoms with Crippen molar-refractivity contribution >= 4 is 11.7 Å². The molecule has 2 rings (SSSR count). The molecule has 0 saturated heterocycles. The van der Waals surface area contributed by atoms with Gasteiger partial charge in [-0.2, -0.15) is 0 Å². The second-order valence-electron chi connectivity index (χ2n) is 4.90. The average molecular weight is 234 g/mol. The Morgan fingerprint density at radius 3 is 2.82 bits per heavy atom. The van der Waals surface area contributed by atoms with Gasteiger partial charge in [-0.05, 0) is 31.9 Å². The van der Waals surface area contributed by atoms with Crippen LogP contribution in [0.3, 0.4) is 0 Å². The highest BCUT2D eigenvalue weighted by molar-refractivity contribution is 5.76. The Kier molecular flexibility index (Phi) is 3.31. The van der Waals surface area contributed by atoms with E-state index >= 15 is 0 Å². The van der Waals surface area contributed by atoms with Crippen LogP contribution in [0.15, 0.2) is 24.5 Å². The second-order valence-corrected chi connectivity index (χ2v) is 4.90. The summed E-state index contributed by atoms with van der Waals surface area (Å²) in [4.78, 5) is 15.4. The summed E-state index contributed by atoms with van der Waals surface area (Å²) >= 11 is 0. The Morgan fingerprint density at radius 1 is 1.47 bits per heavy atom. The van der Waals surface area contributed by atoms with E-state index in [0.717, 1.165) is 31.4 Å². The summed E-state index contributed by atoms with van der Waals surface area (Å²) in [6, 6.07) is 3.74. The van der Waals surface area contributed by atoms with Crippen molar-refractivity contribution in [3.8, 4) is 0 Å². The normalized spacial score (nSPS) is 28.6. The van der Waals surface area contributed by atoms with Gasteiger partial charge in [0.1, 0.15) is 0 Å². The Balaban J connectivity index is 2.15. The molecule has 0 amide bonds. The first kappa shape index (κ1) is 11.9. The van der Waals surface area contributed by atoms with Gasteiger partial charge in [-0.3, -0.25) is 9.78 Å². The number of carboxylic acid groups (broad SMARTS) is 1. The van der Waals surface area contributed by atoms with Crippen LogP contribution < -0.4 is 5.32 Å². The predicted molar refractivity (Wildman–Crippen MR) is 65.9 cm³/mol. The van der Waals surface area contributed by atoms with E-state index in [1.165, 1.54) is 0 Å². The first-order valence-electron chi connectivity index (χ1n) is 6.03. The number of aliphatic carboxylic acids is 1. The SMILES string of the molecule is CC1(C(=O)O)CCCCC1Nc1ccncc1. The highest BCUT2D eigenvalue weighted by Gasteiger charge is 2.43. The molecule has 92 valence electrons. The molecule has 17 heavy (non-hydrogen) atoms. The number of anilines is 1. The van der Waals surface area contributed by atoms with Gasteiger partial charge < -0.3 is 10.4 Å². The number of carbonyl (C=O) groups is 1. The molecule has 0 aromatic carbocycles. The van der Waals surface area contributed by atoms with Gasteiger partial charge >= 0.3 is 5.97 Å². The molecule has 2 unspecified atom stereocenters. The zero-order valence-corrected chi connectivity index (χ0v) is 10.0. The van der Waals surface area contributed by atoms with Crippen LogP contribution in [0.1, 0.15) is 32.6 Å². The van der Waals surface area contributed by atoms with Crippen LogP contribution in [-0.2, 0) is 4.79 Å². The summed E-state index contributed by atoms with van der Waals surface area (Å²) in [5, 5.41) is 12.7. The molecule has 2 N–H and O–H groups in total. The summed E-state index contributed by atoms with van der Waals surface area (Å²) in [6.07, 6.45) is 7.16. The first-order valence-corrected chi connectivity index (χ1v) is 6.03. The average Bonchev–Trinajstić information content (AvgIpc) is 2.33. The molecule has 1 aliphatic rings. The van der Waals surface area contributed by atoms with Gasteiger partial charge in [0.2, 0.25) is 0 Å². The number of hydrogen-bond donors (Lipinski definition) is 2. The Morgan fingerprint density at radius 2 is 2.18 bits per heavy atom. The van der Waals surface area contributed by atoms with E-state index in [2.05, 4.69) is 10.3 Å². The topological polar surface area (TPSA) is 62.2 Å². The molecule has 0 bridgehead atoms.